The number of likely N-dealkylation sites (tertiary alicyclic amines) is 1. The second-order valence-electron chi connectivity index (χ2n) is 7.43. The van der Waals surface area contributed by atoms with Crippen molar-refractivity contribution in [3.63, 3.8) is 0 Å². The highest BCUT2D eigenvalue weighted by Crippen LogP contribution is 2.40. The molecule has 156 valence electrons. The maximum atomic E-state index is 13.1. The molecule has 5 atom stereocenters. The number of rotatable bonds is 8. The van der Waals surface area contributed by atoms with Crippen molar-refractivity contribution in [2.45, 2.75) is 89.9 Å². The van der Waals surface area contributed by atoms with Crippen LogP contribution in [-0.2, 0) is 19.1 Å². The van der Waals surface area contributed by atoms with Crippen LogP contribution in [0, 0.1) is 5.92 Å². The van der Waals surface area contributed by atoms with Crippen LogP contribution in [0.3, 0.4) is 0 Å². The van der Waals surface area contributed by atoms with Gasteiger partial charge < -0.3 is 14.7 Å². The van der Waals surface area contributed by atoms with E-state index < -0.39 is 24.1 Å². The molecule has 2 fully saturated rings. The van der Waals surface area contributed by atoms with Gasteiger partial charge in [0.15, 0.2) is 0 Å². The van der Waals surface area contributed by atoms with E-state index in [0.29, 0.717) is 19.4 Å². The zero-order valence-corrected chi connectivity index (χ0v) is 17.3. The summed E-state index contributed by atoms with van der Waals surface area (Å²) in [4.78, 5) is 38.5. The molecule has 1 saturated heterocycles. The minimum atomic E-state index is -0.935. The Morgan fingerprint density at radius 1 is 1.22 bits per heavy atom. The summed E-state index contributed by atoms with van der Waals surface area (Å²) in [7, 11) is 0. The highest BCUT2D eigenvalue weighted by Gasteiger charge is 2.48. The van der Waals surface area contributed by atoms with Crippen molar-refractivity contribution in [2.24, 2.45) is 5.92 Å². The molecule has 0 aromatic heterocycles. The van der Waals surface area contributed by atoms with Gasteiger partial charge in [-0.25, -0.2) is 4.79 Å². The number of halogens is 1. The molecule has 1 aliphatic heterocycles. The molecular weight excluding hydrogens is 372 g/mol. The number of fused-ring (bicyclic) bond motifs is 1. The van der Waals surface area contributed by atoms with E-state index in [-0.39, 0.29) is 36.2 Å². The monoisotopic (exact) mass is 404 g/mol. The first kappa shape index (κ1) is 23.7. The maximum absolute atomic E-state index is 13.1. The van der Waals surface area contributed by atoms with Crippen LogP contribution in [0.5, 0.6) is 0 Å². The van der Waals surface area contributed by atoms with Crippen LogP contribution in [-0.4, -0.2) is 58.6 Å². The third-order valence-corrected chi connectivity index (χ3v) is 5.60. The minimum Gasteiger partial charge on any atom is -0.480 e. The second kappa shape index (κ2) is 10.9. The summed E-state index contributed by atoms with van der Waals surface area (Å²) >= 11 is 0. The number of carboxylic acids is 1. The summed E-state index contributed by atoms with van der Waals surface area (Å²) in [5.74, 6) is -1.24. The molecule has 1 saturated carbocycles. The van der Waals surface area contributed by atoms with Crippen molar-refractivity contribution in [1.82, 2.24) is 10.2 Å². The predicted octanol–water partition coefficient (Wildman–Crippen LogP) is 2.36. The fraction of sp³-hybridized carbons (Fsp3) is 0.842. The Kier molecular flexibility index (Phi) is 9.53. The minimum absolute atomic E-state index is 0. The Morgan fingerprint density at radius 2 is 1.89 bits per heavy atom. The molecule has 8 heteroatoms. The van der Waals surface area contributed by atoms with Crippen LogP contribution in [0.15, 0.2) is 0 Å². The second-order valence-corrected chi connectivity index (χ2v) is 7.43. The lowest BCUT2D eigenvalue weighted by atomic mass is 9.84. The number of ether oxygens (including phenoxy) is 1. The lowest BCUT2D eigenvalue weighted by Crippen LogP contribution is -2.55. The maximum Gasteiger partial charge on any atom is 0.326 e. The van der Waals surface area contributed by atoms with Gasteiger partial charge in [0.1, 0.15) is 12.1 Å². The highest BCUT2D eigenvalue weighted by atomic mass is 35.5. The van der Waals surface area contributed by atoms with Gasteiger partial charge in [-0.2, -0.15) is 0 Å². The summed E-state index contributed by atoms with van der Waals surface area (Å²) in [5.41, 5.74) is 0. The fourth-order valence-electron chi connectivity index (χ4n) is 4.39. The fourth-order valence-corrected chi connectivity index (χ4v) is 4.39. The molecule has 1 amide bonds. The lowest BCUT2D eigenvalue weighted by molar-refractivity contribution is -0.152. The quantitative estimate of drug-likeness (QED) is 0.603. The van der Waals surface area contributed by atoms with Crippen LogP contribution < -0.4 is 5.32 Å². The van der Waals surface area contributed by atoms with Crippen LogP contribution in [0.4, 0.5) is 0 Å². The van der Waals surface area contributed by atoms with Crippen molar-refractivity contribution < 1.29 is 24.2 Å². The van der Waals surface area contributed by atoms with E-state index in [2.05, 4.69) is 5.32 Å². The molecular formula is C19H33ClN2O5. The van der Waals surface area contributed by atoms with E-state index in [4.69, 9.17) is 4.74 Å². The predicted molar refractivity (Wildman–Crippen MR) is 104 cm³/mol. The molecule has 2 aliphatic rings. The number of aliphatic carboxylic acids is 1. The third kappa shape index (κ3) is 5.57. The van der Waals surface area contributed by atoms with Gasteiger partial charge in [-0.15, -0.1) is 12.4 Å². The van der Waals surface area contributed by atoms with Gasteiger partial charge in [0, 0.05) is 6.04 Å². The van der Waals surface area contributed by atoms with E-state index in [1.165, 1.54) is 0 Å². The molecule has 0 radical (unpaired) electrons. The van der Waals surface area contributed by atoms with Gasteiger partial charge in [0.05, 0.1) is 12.6 Å². The number of amides is 1. The number of carboxylic acid groups (broad SMARTS) is 1. The van der Waals surface area contributed by atoms with Crippen LogP contribution >= 0.6 is 12.4 Å². The zero-order valence-electron chi connectivity index (χ0n) is 16.5. The molecule has 0 bridgehead atoms. The number of esters is 1. The first-order valence-corrected chi connectivity index (χ1v) is 9.88. The molecule has 0 spiro atoms. The lowest BCUT2D eigenvalue weighted by Gasteiger charge is -2.35. The Bertz CT molecular complexity index is 530. The molecule has 1 heterocycles. The molecule has 0 aromatic carbocycles. The molecule has 27 heavy (non-hydrogen) atoms. The molecule has 7 nitrogen and oxygen atoms in total. The molecule has 1 aliphatic carbocycles. The summed E-state index contributed by atoms with van der Waals surface area (Å²) < 4.78 is 5.09. The van der Waals surface area contributed by atoms with Gasteiger partial charge in [0.2, 0.25) is 5.91 Å². The SMILES string of the molecule is CCC[C@@H](N[C@@H](C)C(=O)N1[C@@H](C(=O)O)C[C@@H]2CCCC[C@@H]21)C(=O)OCC.Cl. The molecule has 2 N–H and O–H groups in total. The van der Waals surface area contributed by atoms with Crippen LogP contribution in [0.25, 0.3) is 0 Å². The van der Waals surface area contributed by atoms with Gasteiger partial charge >= 0.3 is 11.9 Å². The van der Waals surface area contributed by atoms with E-state index in [9.17, 15) is 19.5 Å². The standard InChI is InChI=1S/C19H32N2O5.ClH/c1-4-8-14(19(25)26-5-2)20-12(3)17(22)21-15-10-7-6-9-13(15)11-16(21)18(23)24;/h12-16,20H,4-11H2,1-3H3,(H,23,24);1H/t12-,13-,14+,15-,16+;/m0./s1. The zero-order chi connectivity index (χ0) is 19.3. The summed E-state index contributed by atoms with van der Waals surface area (Å²) in [6.45, 7) is 5.72. The summed E-state index contributed by atoms with van der Waals surface area (Å²) in [6.07, 6.45) is 5.87. The van der Waals surface area contributed by atoms with E-state index in [1.54, 1.807) is 18.7 Å². The molecule has 0 unspecified atom stereocenters. The Hall–Kier alpha value is -1.34. The Morgan fingerprint density at radius 3 is 2.48 bits per heavy atom. The first-order valence-electron chi connectivity index (χ1n) is 9.88. The van der Waals surface area contributed by atoms with E-state index in [1.807, 2.05) is 6.92 Å². The molecule has 0 aromatic rings. The van der Waals surface area contributed by atoms with Crippen molar-refractivity contribution in [3.8, 4) is 0 Å². The van der Waals surface area contributed by atoms with Crippen molar-refractivity contribution >= 4 is 30.3 Å². The van der Waals surface area contributed by atoms with Gasteiger partial charge in [-0.05, 0) is 45.4 Å². The normalized spacial score (nSPS) is 26.5. The summed E-state index contributed by atoms with van der Waals surface area (Å²) in [6, 6.07) is -1.92. The average molecular weight is 405 g/mol. The summed E-state index contributed by atoms with van der Waals surface area (Å²) in [5, 5.41) is 12.7. The third-order valence-electron chi connectivity index (χ3n) is 5.60. The number of hydrogen-bond donors (Lipinski definition) is 2. The average Bonchev–Trinajstić information content (AvgIpc) is 3.00. The largest absolute Gasteiger partial charge is 0.480 e. The number of carbonyl (C=O) groups is 3. The van der Waals surface area contributed by atoms with Crippen molar-refractivity contribution in [3.05, 3.63) is 0 Å². The topological polar surface area (TPSA) is 95.9 Å². The number of hydrogen-bond acceptors (Lipinski definition) is 5. The number of nitrogens with one attached hydrogen (secondary N) is 1. The number of nitrogens with zero attached hydrogens (tertiary/aromatic N) is 1. The van der Waals surface area contributed by atoms with Gasteiger partial charge in [-0.3, -0.25) is 14.9 Å². The first-order chi connectivity index (χ1) is 12.4. The molecule has 2 rings (SSSR count). The Balaban J connectivity index is 0.00000364. The smallest absolute Gasteiger partial charge is 0.326 e. The van der Waals surface area contributed by atoms with Crippen LogP contribution in [0.2, 0.25) is 0 Å². The Labute approximate surface area is 167 Å². The van der Waals surface area contributed by atoms with E-state index in [0.717, 1.165) is 32.1 Å². The van der Waals surface area contributed by atoms with Gasteiger partial charge in [-0.1, -0.05) is 26.2 Å². The van der Waals surface area contributed by atoms with Crippen molar-refractivity contribution in [2.75, 3.05) is 6.61 Å². The van der Waals surface area contributed by atoms with E-state index >= 15 is 0 Å². The van der Waals surface area contributed by atoms with Crippen LogP contribution in [0.1, 0.15) is 65.7 Å². The number of carbonyl (C=O) groups excluding carboxylic acids is 2. The van der Waals surface area contributed by atoms with Gasteiger partial charge in [0.25, 0.3) is 0 Å². The van der Waals surface area contributed by atoms with Crippen molar-refractivity contribution in [1.29, 1.82) is 0 Å². The highest BCUT2D eigenvalue weighted by molar-refractivity contribution is 5.88.